The van der Waals surface area contributed by atoms with Gasteiger partial charge in [0, 0.05) is 37.4 Å². The van der Waals surface area contributed by atoms with Gasteiger partial charge in [-0.1, -0.05) is 13.0 Å². The molecule has 1 N–H and O–H groups in total. The Kier molecular flexibility index (Phi) is 6.68. The lowest BCUT2D eigenvalue weighted by atomic mass is 10.1. The highest BCUT2D eigenvalue weighted by molar-refractivity contribution is 7.89. The van der Waals surface area contributed by atoms with Gasteiger partial charge in [0.1, 0.15) is 5.82 Å². The van der Waals surface area contributed by atoms with Crippen LogP contribution < -0.4 is 5.32 Å². The smallest absolute Gasteiger partial charge is 0.322 e. The van der Waals surface area contributed by atoms with Gasteiger partial charge >= 0.3 is 6.18 Å². The van der Waals surface area contributed by atoms with E-state index in [0.29, 0.717) is 38.3 Å². The van der Waals surface area contributed by atoms with Gasteiger partial charge in [-0.2, -0.15) is 17.5 Å². The van der Waals surface area contributed by atoms with Crippen LogP contribution in [0.3, 0.4) is 0 Å². The van der Waals surface area contributed by atoms with Gasteiger partial charge in [0.15, 0.2) is 0 Å². The summed E-state index contributed by atoms with van der Waals surface area (Å²) in [6.45, 7) is 4.71. The van der Waals surface area contributed by atoms with Crippen molar-refractivity contribution >= 4 is 21.6 Å². The third-order valence-electron chi connectivity index (χ3n) is 5.04. The van der Waals surface area contributed by atoms with E-state index in [9.17, 15) is 30.8 Å². The van der Waals surface area contributed by atoms with E-state index in [1.165, 1.54) is 28.6 Å². The molecule has 1 amide bonds. The number of likely N-dealkylation sites (N-methyl/N-ethyl adjacent to an activating group) is 1. The Morgan fingerprint density at radius 1 is 1.06 bits per heavy atom. The second kappa shape index (κ2) is 8.93. The van der Waals surface area contributed by atoms with E-state index in [1.54, 1.807) is 0 Å². The maximum absolute atomic E-state index is 13.4. The first kappa shape index (κ1) is 23.2. The number of nitrogens with zero attached hydrogens (tertiary/aromatic N) is 2. The van der Waals surface area contributed by atoms with Crippen LogP contribution in [0.5, 0.6) is 0 Å². The molecule has 1 aliphatic rings. The number of halogens is 4. The Balaban J connectivity index is 1.79. The molecule has 1 aliphatic heterocycles. The molecule has 2 aromatic carbocycles. The Morgan fingerprint density at radius 2 is 1.74 bits per heavy atom. The van der Waals surface area contributed by atoms with Crippen LogP contribution in [0.15, 0.2) is 47.4 Å². The van der Waals surface area contributed by atoms with E-state index in [-0.39, 0.29) is 10.6 Å². The van der Waals surface area contributed by atoms with Crippen molar-refractivity contribution in [3.63, 3.8) is 0 Å². The molecule has 1 fully saturated rings. The number of carbonyl (C=O) groups is 1. The molecule has 0 radical (unpaired) electrons. The molecule has 1 heterocycles. The number of rotatable bonds is 5. The number of anilines is 1. The number of piperazine rings is 1. The van der Waals surface area contributed by atoms with Crippen molar-refractivity contribution in [3.05, 3.63) is 59.4 Å². The van der Waals surface area contributed by atoms with Crippen LogP contribution in [0, 0.1) is 5.82 Å². The van der Waals surface area contributed by atoms with Crippen molar-refractivity contribution in [2.45, 2.75) is 18.0 Å². The van der Waals surface area contributed by atoms with Crippen molar-refractivity contribution in [2.24, 2.45) is 0 Å². The molecule has 3 rings (SSSR count). The number of hydrogen-bond donors (Lipinski definition) is 1. The number of alkyl halides is 3. The van der Waals surface area contributed by atoms with E-state index in [2.05, 4.69) is 10.2 Å². The maximum Gasteiger partial charge on any atom is 0.419 e. The Bertz CT molecular complexity index is 1070. The Morgan fingerprint density at radius 3 is 2.35 bits per heavy atom. The fourth-order valence-electron chi connectivity index (χ4n) is 3.26. The molecule has 0 spiro atoms. The molecule has 0 saturated carbocycles. The van der Waals surface area contributed by atoms with Crippen LogP contribution in [0.4, 0.5) is 23.2 Å². The zero-order valence-corrected chi connectivity index (χ0v) is 17.4. The van der Waals surface area contributed by atoms with E-state index in [1.807, 2.05) is 6.92 Å². The summed E-state index contributed by atoms with van der Waals surface area (Å²) < 4.78 is 79.3. The summed E-state index contributed by atoms with van der Waals surface area (Å²) in [5.74, 6) is -2.41. The monoisotopic (exact) mass is 459 g/mol. The molecule has 0 bridgehead atoms. The summed E-state index contributed by atoms with van der Waals surface area (Å²) >= 11 is 0. The molecule has 0 atom stereocenters. The zero-order chi connectivity index (χ0) is 22.8. The highest BCUT2D eigenvalue weighted by Gasteiger charge is 2.34. The molecule has 0 aromatic heterocycles. The molecule has 168 valence electrons. The third kappa shape index (κ3) is 5.23. The third-order valence-corrected chi connectivity index (χ3v) is 6.94. The SMILES string of the molecule is CCN1CCN(S(=O)(=O)c2cccc(NC(=O)c3ccc(F)c(C(F)(F)F)c3)c2)CC1. The van der Waals surface area contributed by atoms with E-state index in [4.69, 9.17) is 0 Å². The highest BCUT2D eigenvalue weighted by Crippen LogP contribution is 2.32. The minimum atomic E-state index is -4.95. The Hall–Kier alpha value is -2.50. The van der Waals surface area contributed by atoms with Gasteiger partial charge in [-0.25, -0.2) is 12.8 Å². The van der Waals surface area contributed by atoms with Crippen LogP contribution in [0.25, 0.3) is 0 Å². The van der Waals surface area contributed by atoms with Crippen LogP contribution >= 0.6 is 0 Å². The molecular weight excluding hydrogens is 438 g/mol. The van der Waals surface area contributed by atoms with Crippen LogP contribution in [-0.2, 0) is 16.2 Å². The number of nitrogens with one attached hydrogen (secondary N) is 1. The van der Waals surface area contributed by atoms with Crippen molar-refractivity contribution in [3.8, 4) is 0 Å². The number of hydrogen-bond acceptors (Lipinski definition) is 4. The predicted molar refractivity (Wildman–Crippen MR) is 107 cm³/mol. The van der Waals surface area contributed by atoms with Gasteiger partial charge in [-0.3, -0.25) is 4.79 Å². The predicted octanol–water partition coefficient (Wildman–Crippen LogP) is 3.42. The molecule has 31 heavy (non-hydrogen) atoms. The zero-order valence-electron chi connectivity index (χ0n) is 16.6. The van der Waals surface area contributed by atoms with Gasteiger partial charge in [0.25, 0.3) is 5.91 Å². The van der Waals surface area contributed by atoms with E-state index < -0.39 is 39.1 Å². The van der Waals surface area contributed by atoms with Crippen molar-refractivity contribution in [1.29, 1.82) is 0 Å². The van der Waals surface area contributed by atoms with E-state index in [0.717, 1.165) is 12.6 Å². The molecule has 2 aromatic rings. The summed E-state index contributed by atoms with van der Waals surface area (Å²) in [7, 11) is -3.79. The lowest BCUT2D eigenvalue weighted by molar-refractivity contribution is -0.140. The molecule has 1 saturated heterocycles. The number of carbonyl (C=O) groups excluding carboxylic acids is 1. The molecule has 11 heteroatoms. The average molecular weight is 459 g/mol. The van der Waals surface area contributed by atoms with Gasteiger partial charge in [-0.05, 0) is 42.9 Å². The highest BCUT2D eigenvalue weighted by atomic mass is 32.2. The first-order valence-electron chi connectivity index (χ1n) is 9.53. The second-order valence-corrected chi connectivity index (χ2v) is 8.95. The fraction of sp³-hybridized carbons (Fsp3) is 0.350. The quantitative estimate of drug-likeness (QED) is 0.696. The summed E-state index contributed by atoms with van der Waals surface area (Å²) in [5.41, 5.74) is -1.86. The summed E-state index contributed by atoms with van der Waals surface area (Å²) in [6, 6.07) is 7.38. The van der Waals surface area contributed by atoms with Gasteiger partial charge in [0.05, 0.1) is 10.5 Å². The van der Waals surface area contributed by atoms with Crippen LogP contribution in [-0.4, -0.2) is 56.3 Å². The molecule has 0 unspecified atom stereocenters. The van der Waals surface area contributed by atoms with Crippen molar-refractivity contribution in [2.75, 3.05) is 38.0 Å². The maximum atomic E-state index is 13.4. The first-order valence-corrected chi connectivity index (χ1v) is 11.0. The average Bonchev–Trinajstić information content (AvgIpc) is 2.73. The lowest BCUT2D eigenvalue weighted by Crippen LogP contribution is -2.48. The van der Waals surface area contributed by atoms with Crippen LogP contribution in [0.1, 0.15) is 22.8 Å². The van der Waals surface area contributed by atoms with Crippen LogP contribution in [0.2, 0.25) is 0 Å². The standard InChI is InChI=1S/C20H21F4N3O3S/c1-2-26-8-10-27(11-9-26)31(29,30)16-5-3-4-15(13-16)25-19(28)14-6-7-18(21)17(12-14)20(22,23)24/h3-7,12-13H,2,8-11H2,1H3,(H,25,28). The second-order valence-electron chi connectivity index (χ2n) is 7.01. The summed E-state index contributed by atoms with van der Waals surface area (Å²) in [5, 5.41) is 2.37. The Labute approximate surface area is 177 Å². The number of sulfonamides is 1. The number of amides is 1. The van der Waals surface area contributed by atoms with E-state index >= 15 is 0 Å². The topological polar surface area (TPSA) is 69.7 Å². The minimum absolute atomic E-state index is 0.0367. The van der Waals surface area contributed by atoms with Gasteiger partial charge in [0.2, 0.25) is 10.0 Å². The van der Waals surface area contributed by atoms with Gasteiger partial charge in [-0.15, -0.1) is 0 Å². The minimum Gasteiger partial charge on any atom is -0.322 e. The van der Waals surface area contributed by atoms with Gasteiger partial charge < -0.3 is 10.2 Å². The van der Waals surface area contributed by atoms with Crippen molar-refractivity contribution < 1.29 is 30.8 Å². The number of benzene rings is 2. The summed E-state index contributed by atoms with van der Waals surface area (Å²) in [4.78, 5) is 14.5. The fourth-order valence-corrected chi connectivity index (χ4v) is 4.73. The normalized spacial score (nSPS) is 16.3. The van der Waals surface area contributed by atoms with Crippen molar-refractivity contribution in [1.82, 2.24) is 9.21 Å². The molecule has 6 nitrogen and oxygen atoms in total. The largest absolute Gasteiger partial charge is 0.419 e. The lowest BCUT2D eigenvalue weighted by Gasteiger charge is -2.33. The molecular formula is C20H21F4N3O3S. The molecule has 0 aliphatic carbocycles. The first-order chi connectivity index (χ1) is 14.5. The summed E-state index contributed by atoms with van der Waals surface area (Å²) in [6.07, 6.45) is -4.95.